The molecule has 0 radical (unpaired) electrons. The first-order valence-corrected chi connectivity index (χ1v) is 21.3. The van der Waals surface area contributed by atoms with E-state index < -0.39 is 28.7 Å². The number of esters is 3. The van der Waals surface area contributed by atoms with Gasteiger partial charge in [-0.2, -0.15) is 0 Å². The Kier molecular flexibility index (Phi) is 26.9. The van der Waals surface area contributed by atoms with E-state index in [1.54, 1.807) is 0 Å². The van der Waals surface area contributed by atoms with Crippen LogP contribution in [0.15, 0.2) is 103 Å². The van der Waals surface area contributed by atoms with Gasteiger partial charge in [0, 0.05) is 26.2 Å². The molecule has 5 heterocycles. The van der Waals surface area contributed by atoms with E-state index in [4.69, 9.17) is 43.0 Å². The summed E-state index contributed by atoms with van der Waals surface area (Å²) in [5.74, 6) is -2.37. The van der Waals surface area contributed by atoms with Crippen LogP contribution in [0.1, 0.15) is 48.8 Å². The van der Waals surface area contributed by atoms with E-state index in [-0.39, 0.29) is 119 Å². The number of carboxylic acids is 1. The van der Waals surface area contributed by atoms with Gasteiger partial charge in [-0.05, 0) is 42.4 Å². The smallest absolute Gasteiger partial charge is 1.00 e. The fraction of sp³-hybridized carbons (Fsp3) is 0.467. The van der Waals surface area contributed by atoms with Crippen LogP contribution in [0.3, 0.4) is 0 Å². The molecule has 0 spiro atoms. The van der Waals surface area contributed by atoms with Crippen molar-refractivity contribution in [2.45, 2.75) is 78.8 Å². The summed E-state index contributed by atoms with van der Waals surface area (Å²) in [6.45, 7) is 3.88. The molecule has 8 rings (SSSR count). The molecule has 15 nitrogen and oxygen atoms in total. The molecule has 0 aliphatic carbocycles. The second-order valence-corrected chi connectivity index (χ2v) is 16.3. The molecular weight excluding hydrogens is 1190 g/mol. The molecule has 4 fully saturated rings. The zero-order chi connectivity index (χ0) is 43.6. The Labute approximate surface area is 436 Å². The van der Waals surface area contributed by atoms with E-state index in [2.05, 4.69) is 22.6 Å². The molecule has 0 bridgehead atoms. The molecule has 3 aromatic carbocycles. The first kappa shape index (κ1) is 58.1. The number of carbonyl (C=O) groups excluding carboxylic acids is 3. The van der Waals surface area contributed by atoms with E-state index in [1.807, 2.05) is 97.1 Å². The van der Waals surface area contributed by atoms with Crippen molar-refractivity contribution >= 4 is 69.5 Å². The molecule has 0 amide bonds. The summed E-state index contributed by atoms with van der Waals surface area (Å²) < 4.78 is 41.3. The number of hydrogen-bond acceptors (Lipinski definition) is 14. The molecule has 3 aromatic rings. The van der Waals surface area contributed by atoms with Crippen LogP contribution in [0.4, 0.5) is 0 Å². The third kappa shape index (κ3) is 17.9. The molecule has 346 valence electrons. The van der Waals surface area contributed by atoms with E-state index in [9.17, 15) is 29.4 Å². The van der Waals surface area contributed by atoms with Gasteiger partial charge < -0.3 is 101 Å². The number of carboxylic acid groups (broad SMARTS) is 1. The van der Waals surface area contributed by atoms with E-state index >= 15 is 0 Å². The van der Waals surface area contributed by atoms with E-state index in [1.165, 1.54) is 0 Å². The van der Waals surface area contributed by atoms with Gasteiger partial charge in [-0.15, -0.1) is 0 Å². The molecule has 5 unspecified atom stereocenters. The summed E-state index contributed by atoms with van der Waals surface area (Å²) in [5.41, 5.74) is -0.448. The summed E-state index contributed by atoms with van der Waals surface area (Å²) in [6, 6.07) is 28.6. The van der Waals surface area contributed by atoms with Crippen LogP contribution >= 0.6 is 22.6 Å². The van der Waals surface area contributed by atoms with Crippen LogP contribution in [0, 0.1) is 0 Å². The SMILES string of the molecule is O=C(O)C1(O)CCCOC1.O=C(OCc1ccccc1)C1(O)COCCC1I.O=C(OCc1ccccc1)C12COCCC1O2.O=C(OCc1ccccc1)C1=CCCOC1.[I-].[I-].[Mg+2]. The molecule has 19 heteroatoms. The van der Waals surface area contributed by atoms with Crippen LogP contribution in [0.2, 0.25) is 0 Å². The zero-order valence-corrected chi connectivity index (χ0v) is 43.2. The quantitative estimate of drug-likeness (QED) is 0.0517. The van der Waals surface area contributed by atoms with Gasteiger partial charge in [0.05, 0.1) is 42.5 Å². The van der Waals surface area contributed by atoms with Crippen molar-refractivity contribution in [3.63, 3.8) is 0 Å². The van der Waals surface area contributed by atoms with Gasteiger partial charge >= 0.3 is 46.9 Å². The number of halogens is 3. The van der Waals surface area contributed by atoms with Crippen molar-refractivity contribution in [3.05, 3.63) is 119 Å². The van der Waals surface area contributed by atoms with E-state index in [0.717, 1.165) is 29.5 Å². The van der Waals surface area contributed by atoms with Crippen LogP contribution < -0.4 is 48.0 Å². The Morgan fingerprint density at radius 2 is 1.17 bits per heavy atom. The first-order chi connectivity index (χ1) is 29.4. The number of alkyl halides is 1. The Bertz CT molecular complexity index is 1890. The van der Waals surface area contributed by atoms with Crippen LogP contribution in [0.25, 0.3) is 0 Å². The zero-order valence-electron chi connectivity index (χ0n) is 35.3. The Balaban J connectivity index is 0.000000294. The standard InChI is InChI=1S/C13H15IO4.C13H14O4.C13H14O3.C6H10O4.2HI.Mg/c14-11-6-7-17-9-13(11,16)12(15)18-8-10-4-2-1-3-5-10;14-12(13-9-15-7-6-11(13)17-13)16-8-10-4-2-1-3-5-10;14-13(12-7-4-8-15-10-12)16-9-11-5-2-1-3-6-11;7-5(8)6(9)2-1-3-10-4-6;;;/h1-5,11,16H,6-9H2;1-5,11H,6-9H2;1-3,5-7H,4,8-10H2;9H,1-4H2,(H,7,8);2*1H;/q;;;;;;+2/p-2. The first-order valence-electron chi connectivity index (χ1n) is 20.1. The number of carbonyl (C=O) groups is 4. The van der Waals surface area contributed by atoms with Crippen LogP contribution in [0.5, 0.6) is 0 Å². The molecule has 0 saturated carbocycles. The molecule has 0 aromatic heterocycles. The minimum atomic E-state index is -1.63. The monoisotopic (exact) mass is 1240 g/mol. The molecule has 4 saturated heterocycles. The third-order valence-corrected chi connectivity index (χ3v) is 11.8. The molecule has 5 aliphatic rings. The van der Waals surface area contributed by atoms with Crippen molar-refractivity contribution in [3.8, 4) is 0 Å². The molecule has 5 atom stereocenters. The number of ether oxygens (including phenoxy) is 8. The average Bonchev–Trinajstić information content (AvgIpc) is 4.06. The van der Waals surface area contributed by atoms with Crippen molar-refractivity contribution < 1.29 is 120 Å². The normalized spacial score (nSPS) is 25.0. The summed E-state index contributed by atoms with van der Waals surface area (Å²) >= 11 is 2.07. The van der Waals surface area contributed by atoms with Gasteiger partial charge in [0.1, 0.15) is 25.9 Å². The Hall–Kier alpha value is -2.04. The number of epoxide rings is 1. The predicted molar refractivity (Wildman–Crippen MR) is 232 cm³/mol. The summed E-state index contributed by atoms with van der Waals surface area (Å²) in [4.78, 5) is 45.8. The van der Waals surface area contributed by atoms with E-state index in [0.29, 0.717) is 71.1 Å². The molecule has 3 N–H and O–H groups in total. The second kappa shape index (κ2) is 29.7. The number of aliphatic carboxylic acids is 1. The van der Waals surface area contributed by atoms with Gasteiger partial charge in [-0.3, -0.25) is 0 Å². The maximum absolute atomic E-state index is 11.9. The number of fused-ring (bicyclic) bond motifs is 1. The van der Waals surface area contributed by atoms with Gasteiger partial charge in [0.15, 0.2) is 11.2 Å². The fourth-order valence-corrected chi connectivity index (χ4v) is 7.07. The van der Waals surface area contributed by atoms with Gasteiger partial charge in [-0.1, -0.05) is 120 Å². The van der Waals surface area contributed by atoms with Crippen molar-refractivity contribution in [1.29, 1.82) is 0 Å². The Morgan fingerprint density at radius 1 is 0.656 bits per heavy atom. The number of rotatable bonds is 10. The molecular formula is C45H53I3MgO15. The van der Waals surface area contributed by atoms with Crippen LogP contribution in [-0.4, -0.2) is 142 Å². The average molecular weight is 1240 g/mol. The second-order valence-electron chi connectivity index (χ2n) is 14.8. The minimum absolute atomic E-state index is 0. The van der Waals surface area contributed by atoms with Crippen LogP contribution in [-0.2, 0) is 76.9 Å². The van der Waals surface area contributed by atoms with Gasteiger partial charge in [0.25, 0.3) is 0 Å². The van der Waals surface area contributed by atoms with Crippen molar-refractivity contribution in [1.82, 2.24) is 0 Å². The Morgan fingerprint density at radius 3 is 1.64 bits per heavy atom. The van der Waals surface area contributed by atoms with Crippen molar-refractivity contribution in [2.75, 3.05) is 52.9 Å². The summed E-state index contributed by atoms with van der Waals surface area (Å²) in [5, 5.41) is 28.0. The van der Waals surface area contributed by atoms with Gasteiger partial charge in [0.2, 0.25) is 5.60 Å². The molecule has 5 aliphatic heterocycles. The largest absolute Gasteiger partial charge is 2.00 e. The number of hydrogen-bond donors (Lipinski definition) is 3. The minimum Gasteiger partial charge on any atom is -1.00 e. The maximum atomic E-state index is 11.9. The topological polar surface area (TPSA) is 206 Å². The molecule has 64 heavy (non-hydrogen) atoms. The van der Waals surface area contributed by atoms with Crippen molar-refractivity contribution in [2.24, 2.45) is 0 Å². The predicted octanol–water partition coefficient (Wildman–Crippen LogP) is -1.71. The van der Waals surface area contributed by atoms with Gasteiger partial charge in [-0.25, -0.2) is 19.2 Å². The fourth-order valence-electron chi connectivity index (χ4n) is 6.38. The maximum Gasteiger partial charge on any atom is 2.00 e. The summed E-state index contributed by atoms with van der Waals surface area (Å²) in [6.07, 6.45) is 5.01. The summed E-state index contributed by atoms with van der Waals surface area (Å²) in [7, 11) is 0. The number of aliphatic hydroxyl groups is 2. The number of benzene rings is 3. The third-order valence-electron chi connectivity index (χ3n) is 10.1.